The van der Waals surface area contributed by atoms with E-state index in [1.807, 2.05) is 42.5 Å². The summed E-state index contributed by atoms with van der Waals surface area (Å²) >= 11 is 0. The Morgan fingerprint density at radius 3 is 2.27 bits per heavy atom. The molecule has 0 spiro atoms. The zero-order valence-corrected chi connectivity index (χ0v) is 36.8. The maximum Gasteiger partial charge on any atom is 0.408 e. The lowest BCUT2D eigenvalue weighted by Crippen LogP contribution is -2.60. The van der Waals surface area contributed by atoms with Gasteiger partial charge in [-0.05, 0) is 64.0 Å². The predicted octanol–water partition coefficient (Wildman–Crippen LogP) is 6.24. The van der Waals surface area contributed by atoms with Gasteiger partial charge in [0.05, 0.1) is 29.6 Å². The van der Waals surface area contributed by atoms with E-state index in [0.717, 1.165) is 5.56 Å². The zero-order chi connectivity index (χ0) is 43.1. The van der Waals surface area contributed by atoms with Crippen molar-refractivity contribution < 1.29 is 41.8 Å². The van der Waals surface area contributed by atoms with Crippen LogP contribution in [0.1, 0.15) is 73.6 Å². The Morgan fingerprint density at radius 1 is 1.02 bits per heavy atom. The molecule has 0 radical (unpaired) electrons. The Kier molecular flexibility index (Phi) is 13.1. The van der Waals surface area contributed by atoms with E-state index in [0.29, 0.717) is 40.9 Å². The summed E-state index contributed by atoms with van der Waals surface area (Å²) in [5, 5.41) is 6.24. The van der Waals surface area contributed by atoms with E-state index >= 15 is 0 Å². The first-order chi connectivity index (χ1) is 27.7. The number of amides is 4. The van der Waals surface area contributed by atoms with Crippen LogP contribution in [0.15, 0.2) is 79.9 Å². The van der Waals surface area contributed by atoms with Gasteiger partial charge in [0.15, 0.2) is 0 Å². The monoisotopic (exact) mass is 865 g/mol. The molecule has 3 aliphatic rings. The highest BCUT2D eigenvalue weighted by molar-refractivity contribution is 7.91. The van der Waals surface area contributed by atoms with Crippen molar-refractivity contribution in [1.29, 1.82) is 0 Å². The van der Waals surface area contributed by atoms with Crippen molar-refractivity contribution in [2.75, 3.05) is 13.7 Å². The van der Waals surface area contributed by atoms with E-state index in [9.17, 15) is 27.6 Å². The van der Waals surface area contributed by atoms with Crippen LogP contribution >= 0.6 is 12.4 Å². The first-order valence-corrected chi connectivity index (χ1v) is 21.3. The minimum Gasteiger partial charge on any atom is -0.497 e. The summed E-state index contributed by atoms with van der Waals surface area (Å²) in [4.78, 5) is 62.6. The third kappa shape index (κ3) is 9.57. The number of rotatable bonds is 14. The van der Waals surface area contributed by atoms with Crippen LogP contribution in [0.2, 0.25) is 0 Å². The molecule has 14 nitrogen and oxygen atoms in total. The number of nitrogens with one attached hydrogen (secondary N) is 3. The van der Waals surface area contributed by atoms with Crippen molar-refractivity contribution in [3.63, 3.8) is 0 Å². The van der Waals surface area contributed by atoms with E-state index in [-0.39, 0.29) is 38.2 Å². The quantitative estimate of drug-likeness (QED) is 0.157. The maximum atomic E-state index is 14.7. The first-order valence-electron chi connectivity index (χ1n) is 19.8. The summed E-state index contributed by atoms with van der Waals surface area (Å²) in [5.41, 5.74) is -1.24. The second-order valence-corrected chi connectivity index (χ2v) is 19.9. The van der Waals surface area contributed by atoms with E-state index in [4.69, 9.17) is 19.2 Å². The molecule has 3 N–H and O–H groups in total. The number of methoxy groups -OCH3 is 1. The number of hydrogen-bond donors (Lipinski definition) is 3. The van der Waals surface area contributed by atoms with Gasteiger partial charge in [0.2, 0.25) is 21.8 Å². The average molecular weight is 866 g/mol. The molecule has 5 atom stereocenters. The molecule has 1 unspecified atom stereocenters. The maximum absolute atomic E-state index is 14.7. The molecule has 2 heterocycles. The van der Waals surface area contributed by atoms with Crippen molar-refractivity contribution in [2.24, 2.45) is 11.3 Å². The van der Waals surface area contributed by atoms with Crippen LogP contribution in [0.5, 0.6) is 11.5 Å². The average Bonchev–Trinajstić information content (AvgIpc) is 4.07. The van der Waals surface area contributed by atoms with Crippen LogP contribution in [-0.4, -0.2) is 89.8 Å². The highest BCUT2D eigenvalue weighted by atomic mass is 35.5. The smallest absolute Gasteiger partial charge is 0.408 e. The molecule has 4 amide bonds. The van der Waals surface area contributed by atoms with Gasteiger partial charge in [0, 0.05) is 35.4 Å². The van der Waals surface area contributed by atoms with Gasteiger partial charge in [0.1, 0.15) is 40.8 Å². The van der Waals surface area contributed by atoms with Crippen molar-refractivity contribution in [1.82, 2.24) is 25.2 Å². The molecule has 60 heavy (non-hydrogen) atoms. The number of halogens is 1. The molecule has 1 aliphatic heterocycles. The third-order valence-electron chi connectivity index (χ3n) is 11.1. The van der Waals surface area contributed by atoms with Gasteiger partial charge < -0.3 is 29.7 Å². The van der Waals surface area contributed by atoms with E-state index in [2.05, 4.69) is 28.5 Å². The van der Waals surface area contributed by atoms with Gasteiger partial charge in [-0.25, -0.2) is 18.2 Å². The summed E-state index contributed by atoms with van der Waals surface area (Å²) in [6.07, 6.45) is 2.51. The van der Waals surface area contributed by atoms with Crippen LogP contribution < -0.4 is 24.8 Å². The Balaban J connectivity index is 0.00000683. The molecule has 16 heteroatoms. The molecule has 3 fully saturated rings. The van der Waals surface area contributed by atoms with Gasteiger partial charge >= 0.3 is 6.09 Å². The van der Waals surface area contributed by atoms with Crippen LogP contribution in [0.3, 0.4) is 0 Å². The SMILES string of the molecule is C=CCC1(S(=O)(=O)NC(=O)[C@@]2(NC(=O)[C@@H]3C[C@@H](Oc4cc(-c5ccccc5)nc5cc(OC)ccc45)CN3C(=O)[C@@H](NC(=O)OC(C)(C)C)C(C)(C)C)CC2C=C)CC1.Cl. The second-order valence-electron chi connectivity index (χ2n) is 17.8. The molecule has 2 saturated carbocycles. The lowest BCUT2D eigenvalue weighted by Gasteiger charge is -2.36. The van der Waals surface area contributed by atoms with Gasteiger partial charge in [-0.2, -0.15) is 0 Å². The Bertz CT molecular complexity index is 2270. The Labute approximate surface area is 358 Å². The topological polar surface area (TPSA) is 182 Å². The van der Waals surface area contributed by atoms with Crippen molar-refractivity contribution in [3.8, 4) is 22.8 Å². The van der Waals surface area contributed by atoms with Crippen LogP contribution in [0.4, 0.5) is 4.79 Å². The lowest BCUT2D eigenvalue weighted by molar-refractivity contribution is -0.143. The number of carbonyl (C=O) groups excluding carboxylic acids is 4. The number of sulfonamides is 1. The summed E-state index contributed by atoms with van der Waals surface area (Å²) < 4.78 is 45.7. The molecule has 2 aromatic carbocycles. The molecular weight excluding hydrogens is 810 g/mol. The van der Waals surface area contributed by atoms with Crippen molar-refractivity contribution in [3.05, 3.63) is 79.9 Å². The number of pyridine rings is 1. The number of carbonyl (C=O) groups is 4. The largest absolute Gasteiger partial charge is 0.497 e. The Morgan fingerprint density at radius 2 is 1.70 bits per heavy atom. The van der Waals surface area contributed by atoms with Gasteiger partial charge in [0.25, 0.3) is 5.91 Å². The number of aromatic nitrogens is 1. The number of benzene rings is 2. The number of alkyl carbamates (subject to hydrolysis) is 1. The summed E-state index contributed by atoms with van der Waals surface area (Å²) in [6.45, 7) is 17.9. The minimum absolute atomic E-state index is 0. The molecule has 0 bridgehead atoms. The molecule has 324 valence electrons. The zero-order valence-electron chi connectivity index (χ0n) is 35.2. The molecule has 1 aromatic heterocycles. The van der Waals surface area contributed by atoms with Crippen LogP contribution in [-0.2, 0) is 29.1 Å². The normalized spacial score (nSPS) is 22.3. The van der Waals surface area contributed by atoms with Crippen LogP contribution in [0, 0.1) is 11.3 Å². The third-order valence-corrected chi connectivity index (χ3v) is 13.3. The fourth-order valence-electron chi connectivity index (χ4n) is 7.60. The Hall–Kier alpha value is -5.15. The van der Waals surface area contributed by atoms with Gasteiger partial charge in [-0.3, -0.25) is 19.1 Å². The standard InChI is InChI=1S/C44H55N5O9S.ClH/c1-10-19-43(20-21-43)59(54,55)48-39(52)44(25-28(44)11-2)47-37(50)34-23-30(26-49(34)38(51)36(41(3,4)5)46-40(53)58-42(6,7)8)57-35-24-32(27-15-13-12-14-16-27)45-33-22-29(56-9)17-18-31(33)35;/h10-18,22,24,28,30,34,36H,1-2,19-21,23,25-26H2,3-9H3,(H,46,53)(H,47,50)(H,48,52);1H/t28?,30-,34+,36-,44-;/m1./s1. The van der Waals surface area contributed by atoms with Crippen molar-refractivity contribution >= 4 is 57.1 Å². The number of ether oxygens (including phenoxy) is 3. The molecule has 1 saturated heterocycles. The highest BCUT2D eigenvalue weighted by Gasteiger charge is 2.63. The van der Waals surface area contributed by atoms with Crippen molar-refractivity contribution in [2.45, 2.75) is 108 Å². The summed E-state index contributed by atoms with van der Waals surface area (Å²) in [7, 11) is -2.55. The molecule has 3 aromatic rings. The first kappa shape index (κ1) is 45.9. The lowest BCUT2D eigenvalue weighted by atomic mass is 9.85. The van der Waals surface area contributed by atoms with Crippen LogP contribution in [0.25, 0.3) is 22.2 Å². The van der Waals surface area contributed by atoms with Gasteiger partial charge in [-0.15, -0.1) is 25.6 Å². The predicted molar refractivity (Wildman–Crippen MR) is 231 cm³/mol. The fraction of sp³-hybridized carbons (Fsp3) is 0.477. The van der Waals surface area contributed by atoms with E-state index in [1.165, 1.54) is 17.1 Å². The van der Waals surface area contributed by atoms with E-state index in [1.54, 1.807) is 60.8 Å². The molecule has 6 rings (SSSR count). The number of likely N-dealkylation sites (tertiary alicyclic amines) is 1. The second kappa shape index (κ2) is 17.1. The number of fused-ring (bicyclic) bond motifs is 1. The van der Waals surface area contributed by atoms with E-state index < -0.39 is 79.2 Å². The fourth-order valence-corrected chi connectivity index (χ4v) is 9.22. The van der Waals surface area contributed by atoms with Gasteiger partial charge in [-0.1, -0.05) is 63.3 Å². The minimum atomic E-state index is -4.11. The molecular formula is C44H56ClN5O9S. The summed E-state index contributed by atoms with van der Waals surface area (Å²) in [5.74, 6) is -1.65. The molecule has 2 aliphatic carbocycles. The number of nitrogens with zero attached hydrogens (tertiary/aromatic N) is 2. The number of hydrogen-bond acceptors (Lipinski definition) is 10. The number of allylic oxidation sites excluding steroid dienone is 1. The highest BCUT2D eigenvalue weighted by Crippen LogP contribution is 2.49. The summed E-state index contributed by atoms with van der Waals surface area (Å²) in [6, 6.07) is 14.4.